The summed E-state index contributed by atoms with van der Waals surface area (Å²) in [5.41, 5.74) is 2.17. The molecule has 1 heterocycles. The largest absolute Gasteiger partial charge is 0.340 e. The second-order valence-electron chi connectivity index (χ2n) is 6.09. The Morgan fingerprint density at radius 2 is 1.79 bits per heavy atom. The average Bonchev–Trinajstić information content (AvgIpc) is 2.41. The quantitative estimate of drug-likeness (QED) is 0.901. The predicted octanol–water partition coefficient (Wildman–Crippen LogP) is 2.00. The lowest BCUT2D eigenvalue weighted by atomic mass is 9.84. The fourth-order valence-corrected chi connectivity index (χ4v) is 2.59. The molecule has 1 amide bonds. The highest BCUT2D eigenvalue weighted by Gasteiger charge is 2.32. The van der Waals surface area contributed by atoms with Gasteiger partial charge < -0.3 is 10.2 Å². The van der Waals surface area contributed by atoms with E-state index in [0.29, 0.717) is 0 Å². The number of carbonyl (C=O) groups is 1. The molecule has 0 radical (unpaired) electrons. The molecule has 2 rings (SSSR count). The van der Waals surface area contributed by atoms with Crippen molar-refractivity contribution in [2.45, 2.75) is 27.2 Å². The second-order valence-corrected chi connectivity index (χ2v) is 6.09. The minimum atomic E-state index is -0.327. The molecule has 104 valence electrons. The van der Waals surface area contributed by atoms with Gasteiger partial charge in [-0.2, -0.15) is 0 Å². The van der Waals surface area contributed by atoms with Crippen LogP contribution in [0.15, 0.2) is 24.3 Å². The first-order chi connectivity index (χ1) is 8.99. The van der Waals surface area contributed by atoms with E-state index in [-0.39, 0.29) is 11.3 Å². The molecule has 0 bridgehead atoms. The van der Waals surface area contributed by atoms with Crippen molar-refractivity contribution >= 4 is 5.91 Å². The van der Waals surface area contributed by atoms with Gasteiger partial charge in [-0.3, -0.25) is 4.79 Å². The molecular weight excluding hydrogens is 236 g/mol. The van der Waals surface area contributed by atoms with Crippen LogP contribution in [0.3, 0.4) is 0 Å². The lowest BCUT2D eigenvalue weighted by molar-refractivity contribution is -0.140. The zero-order valence-corrected chi connectivity index (χ0v) is 12.2. The Morgan fingerprint density at radius 1 is 1.21 bits per heavy atom. The Labute approximate surface area is 116 Å². The zero-order chi connectivity index (χ0) is 13.9. The van der Waals surface area contributed by atoms with Crippen molar-refractivity contribution in [3.8, 4) is 0 Å². The number of rotatable bonds is 3. The summed E-state index contributed by atoms with van der Waals surface area (Å²) in [4.78, 5) is 14.6. The van der Waals surface area contributed by atoms with Crippen LogP contribution in [0, 0.1) is 12.3 Å². The number of hydrogen-bond donors (Lipinski definition) is 1. The van der Waals surface area contributed by atoms with E-state index in [4.69, 9.17) is 0 Å². The third-order valence-electron chi connectivity index (χ3n) is 3.75. The van der Waals surface area contributed by atoms with Gasteiger partial charge in [0, 0.05) is 31.6 Å². The molecule has 1 aromatic rings. The van der Waals surface area contributed by atoms with Crippen LogP contribution in [0.1, 0.15) is 25.0 Å². The molecule has 1 fully saturated rings. The first kappa shape index (κ1) is 14.1. The average molecular weight is 260 g/mol. The maximum absolute atomic E-state index is 12.6. The smallest absolute Gasteiger partial charge is 0.228 e. The molecule has 3 nitrogen and oxygen atoms in total. The highest BCUT2D eigenvalue weighted by Crippen LogP contribution is 2.25. The maximum atomic E-state index is 12.6. The highest BCUT2D eigenvalue weighted by molar-refractivity contribution is 5.82. The van der Waals surface area contributed by atoms with Crippen molar-refractivity contribution < 1.29 is 4.79 Å². The molecular formula is C16H24N2O. The molecule has 1 N–H and O–H groups in total. The molecule has 0 unspecified atom stereocenters. The fraction of sp³-hybridized carbons (Fsp3) is 0.562. The van der Waals surface area contributed by atoms with E-state index in [1.165, 1.54) is 11.1 Å². The van der Waals surface area contributed by atoms with Crippen molar-refractivity contribution in [1.29, 1.82) is 0 Å². The van der Waals surface area contributed by atoms with Gasteiger partial charge >= 0.3 is 0 Å². The summed E-state index contributed by atoms with van der Waals surface area (Å²) >= 11 is 0. The van der Waals surface area contributed by atoms with Crippen LogP contribution < -0.4 is 5.32 Å². The third kappa shape index (κ3) is 3.57. The number of amides is 1. The van der Waals surface area contributed by atoms with Gasteiger partial charge in [0.1, 0.15) is 0 Å². The van der Waals surface area contributed by atoms with Gasteiger partial charge in [-0.15, -0.1) is 0 Å². The molecule has 1 saturated heterocycles. The predicted molar refractivity (Wildman–Crippen MR) is 78.1 cm³/mol. The highest BCUT2D eigenvalue weighted by atomic mass is 16.2. The van der Waals surface area contributed by atoms with Crippen molar-refractivity contribution in [3.05, 3.63) is 35.4 Å². The van der Waals surface area contributed by atoms with Gasteiger partial charge in [0.15, 0.2) is 0 Å². The van der Waals surface area contributed by atoms with Gasteiger partial charge in [-0.25, -0.2) is 0 Å². The summed E-state index contributed by atoms with van der Waals surface area (Å²) in [6.07, 6.45) is 0.802. The summed E-state index contributed by atoms with van der Waals surface area (Å²) in [6, 6.07) is 8.48. The fourth-order valence-electron chi connectivity index (χ4n) is 2.59. The summed E-state index contributed by atoms with van der Waals surface area (Å²) in [7, 11) is 0. The molecule has 0 aliphatic carbocycles. The summed E-state index contributed by atoms with van der Waals surface area (Å²) < 4.78 is 0. The van der Waals surface area contributed by atoms with E-state index < -0.39 is 0 Å². The Hall–Kier alpha value is -1.35. The normalized spacial score (nSPS) is 16.5. The maximum Gasteiger partial charge on any atom is 0.228 e. The summed E-state index contributed by atoms with van der Waals surface area (Å²) in [5.74, 6) is 0.273. The second kappa shape index (κ2) is 5.74. The van der Waals surface area contributed by atoms with Gasteiger partial charge in [0.2, 0.25) is 5.91 Å². The monoisotopic (exact) mass is 260 g/mol. The Bertz CT molecular complexity index is 431. The minimum absolute atomic E-state index is 0.273. The number of benzene rings is 1. The molecule has 0 saturated carbocycles. The van der Waals surface area contributed by atoms with Crippen molar-refractivity contribution in [1.82, 2.24) is 10.2 Å². The van der Waals surface area contributed by atoms with E-state index in [2.05, 4.69) is 50.4 Å². The molecule has 1 aliphatic rings. The van der Waals surface area contributed by atoms with Gasteiger partial charge in [-0.05, 0) is 18.9 Å². The van der Waals surface area contributed by atoms with Gasteiger partial charge in [-0.1, -0.05) is 43.7 Å². The molecule has 0 spiro atoms. The lowest BCUT2D eigenvalue weighted by Gasteiger charge is -2.34. The molecule has 3 heteroatoms. The van der Waals surface area contributed by atoms with E-state index in [9.17, 15) is 4.79 Å². The van der Waals surface area contributed by atoms with Crippen LogP contribution in [-0.2, 0) is 11.2 Å². The van der Waals surface area contributed by atoms with Crippen LogP contribution in [-0.4, -0.2) is 37.0 Å². The van der Waals surface area contributed by atoms with Crippen LogP contribution in [0.2, 0.25) is 0 Å². The van der Waals surface area contributed by atoms with E-state index in [1.54, 1.807) is 0 Å². The van der Waals surface area contributed by atoms with Crippen molar-refractivity contribution in [2.24, 2.45) is 5.41 Å². The standard InChI is InChI=1S/C16H24N2O/c1-13-4-6-14(7-5-13)12-16(2,3)15(19)18-10-8-17-9-11-18/h4-7,17H,8-12H2,1-3H3. The zero-order valence-electron chi connectivity index (χ0n) is 12.2. The topological polar surface area (TPSA) is 32.3 Å². The number of nitrogens with zero attached hydrogens (tertiary/aromatic N) is 1. The number of carbonyl (C=O) groups excluding carboxylic acids is 1. The molecule has 19 heavy (non-hydrogen) atoms. The number of hydrogen-bond acceptors (Lipinski definition) is 2. The summed E-state index contributed by atoms with van der Waals surface area (Å²) in [5, 5.41) is 3.28. The third-order valence-corrected chi connectivity index (χ3v) is 3.75. The van der Waals surface area contributed by atoms with Crippen LogP contribution in [0.4, 0.5) is 0 Å². The number of piperazine rings is 1. The Kier molecular flexibility index (Phi) is 4.25. The van der Waals surface area contributed by atoms with E-state index in [1.807, 2.05) is 4.90 Å². The Morgan fingerprint density at radius 3 is 2.37 bits per heavy atom. The summed E-state index contributed by atoms with van der Waals surface area (Å²) in [6.45, 7) is 9.67. The van der Waals surface area contributed by atoms with E-state index >= 15 is 0 Å². The van der Waals surface area contributed by atoms with Crippen molar-refractivity contribution in [3.63, 3.8) is 0 Å². The molecule has 1 aliphatic heterocycles. The minimum Gasteiger partial charge on any atom is -0.340 e. The molecule has 0 atom stereocenters. The number of aryl methyl sites for hydroxylation is 1. The molecule has 1 aromatic carbocycles. The molecule has 0 aromatic heterocycles. The van der Waals surface area contributed by atoms with Crippen LogP contribution in [0.25, 0.3) is 0 Å². The Balaban J connectivity index is 2.04. The van der Waals surface area contributed by atoms with Crippen LogP contribution >= 0.6 is 0 Å². The van der Waals surface area contributed by atoms with Crippen molar-refractivity contribution in [2.75, 3.05) is 26.2 Å². The SMILES string of the molecule is Cc1ccc(CC(C)(C)C(=O)N2CCNCC2)cc1. The van der Waals surface area contributed by atoms with Gasteiger partial charge in [0.05, 0.1) is 0 Å². The first-order valence-corrected chi connectivity index (χ1v) is 7.05. The first-order valence-electron chi connectivity index (χ1n) is 7.05. The van der Waals surface area contributed by atoms with E-state index in [0.717, 1.165) is 32.6 Å². The van der Waals surface area contributed by atoms with Gasteiger partial charge in [0.25, 0.3) is 0 Å². The number of nitrogens with one attached hydrogen (secondary N) is 1. The van der Waals surface area contributed by atoms with Crippen LogP contribution in [0.5, 0.6) is 0 Å². The lowest BCUT2D eigenvalue weighted by Crippen LogP contribution is -2.51.